The lowest BCUT2D eigenvalue weighted by Gasteiger charge is -2.20. The molecule has 0 aliphatic heterocycles. The molecule has 0 amide bonds. The molecule has 0 saturated carbocycles. The third-order valence-corrected chi connectivity index (χ3v) is 2.70. The number of rotatable bonds is 11. The van der Waals surface area contributed by atoms with Crippen LogP contribution in [0.25, 0.3) is 0 Å². The summed E-state index contributed by atoms with van der Waals surface area (Å²) in [5, 5.41) is 0. The first-order valence-corrected chi connectivity index (χ1v) is 6.36. The number of methoxy groups -OCH3 is 1. The highest BCUT2D eigenvalue weighted by molar-refractivity contribution is 5.75. The van der Waals surface area contributed by atoms with Crippen molar-refractivity contribution in [2.45, 2.75) is 27.2 Å². The molecule has 5 heteroatoms. The zero-order valence-electron chi connectivity index (χ0n) is 12.0. The van der Waals surface area contributed by atoms with Gasteiger partial charge in [0.1, 0.15) is 6.61 Å². The van der Waals surface area contributed by atoms with Crippen LogP contribution < -0.4 is 0 Å². The highest BCUT2D eigenvalue weighted by atomic mass is 16.6. The molecule has 0 N–H and O–H groups in total. The zero-order valence-corrected chi connectivity index (χ0v) is 12.0. The molecule has 0 aromatic carbocycles. The minimum atomic E-state index is -0.413. The molecular formula is C13H26O5. The zero-order chi connectivity index (χ0) is 13.9. The van der Waals surface area contributed by atoms with E-state index in [1.54, 1.807) is 7.11 Å². The molecule has 0 saturated heterocycles. The van der Waals surface area contributed by atoms with Gasteiger partial charge in [-0.2, -0.15) is 0 Å². The van der Waals surface area contributed by atoms with Crippen LogP contribution in [0.3, 0.4) is 0 Å². The molecule has 0 radical (unpaired) electrons. The van der Waals surface area contributed by atoms with Crippen LogP contribution in [-0.4, -0.2) is 52.7 Å². The summed E-state index contributed by atoms with van der Waals surface area (Å²) >= 11 is 0. The van der Waals surface area contributed by atoms with Gasteiger partial charge >= 0.3 is 5.97 Å². The predicted molar refractivity (Wildman–Crippen MR) is 68.5 cm³/mol. The Morgan fingerprint density at radius 1 is 0.944 bits per heavy atom. The van der Waals surface area contributed by atoms with E-state index in [2.05, 4.69) is 0 Å². The lowest BCUT2D eigenvalue weighted by atomic mass is 9.91. The minimum absolute atomic E-state index is 0.176. The van der Waals surface area contributed by atoms with E-state index in [1.807, 2.05) is 20.8 Å². The first-order valence-electron chi connectivity index (χ1n) is 6.36. The molecule has 0 bridgehead atoms. The van der Waals surface area contributed by atoms with Gasteiger partial charge in [0.25, 0.3) is 0 Å². The van der Waals surface area contributed by atoms with Gasteiger partial charge < -0.3 is 18.9 Å². The molecule has 0 unspecified atom stereocenters. The van der Waals surface area contributed by atoms with E-state index in [0.717, 1.165) is 6.42 Å². The fraction of sp³-hybridized carbons (Fsp3) is 0.923. The van der Waals surface area contributed by atoms with Gasteiger partial charge in [-0.25, -0.2) is 0 Å². The first kappa shape index (κ1) is 17.4. The van der Waals surface area contributed by atoms with E-state index >= 15 is 0 Å². The Hall–Kier alpha value is -0.650. The van der Waals surface area contributed by atoms with Gasteiger partial charge in [-0.15, -0.1) is 0 Å². The van der Waals surface area contributed by atoms with Crippen molar-refractivity contribution >= 4 is 5.97 Å². The van der Waals surface area contributed by atoms with Crippen molar-refractivity contribution in [2.24, 2.45) is 5.41 Å². The van der Waals surface area contributed by atoms with Crippen molar-refractivity contribution in [3.63, 3.8) is 0 Å². The predicted octanol–water partition coefficient (Wildman–Crippen LogP) is 1.65. The maximum atomic E-state index is 11.6. The topological polar surface area (TPSA) is 54.0 Å². The molecule has 0 heterocycles. The molecule has 0 aliphatic carbocycles. The average Bonchev–Trinajstić information content (AvgIpc) is 2.36. The van der Waals surface area contributed by atoms with Crippen molar-refractivity contribution in [1.29, 1.82) is 0 Å². The summed E-state index contributed by atoms with van der Waals surface area (Å²) in [4.78, 5) is 11.6. The third kappa shape index (κ3) is 8.44. The van der Waals surface area contributed by atoms with Gasteiger partial charge in [0.2, 0.25) is 0 Å². The van der Waals surface area contributed by atoms with Crippen LogP contribution in [-0.2, 0) is 23.7 Å². The van der Waals surface area contributed by atoms with Crippen LogP contribution in [0.15, 0.2) is 0 Å². The number of hydrogen-bond acceptors (Lipinski definition) is 5. The summed E-state index contributed by atoms with van der Waals surface area (Å²) in [6, 6.07) is 0. The second-order valence-corrected chi connectivity index (χ2v) is 4.59. The Kier molecular flexibility index (Phi) is 9.92. The van der Waals surface area contributed by atoms with Crippen molar-refractivity contribution in [3.05, 3.63) is 0 Å². The van der Waals surface area contributed by atoms with Gasteiger partial charge in [0.15, 0.2) is 0 Å². The van der Waals surface area contributed by atoms with Crippen molar-refractivity contribution in [2.75, 3.05) is 46.8 Å². The summed E-state index contributed by atoms with van der Waals surface area (Å²) in [6.45, 7) is 8.59. The van der Waals surface area contributed by atoms with Gasteiger partial charge in [0, 0.05) is 7.11 Å². The SMILES string of the molecule is CCC(C)(C)C(=O)OCCOCCOCCOC. The summed E-state index contributed by atoms with van der Waals surface area (Å²) in [6.07, 6.45) is 0.764. The van der Waals surface area contributed by atoms with E-state index < -0.39 is 5.41 Å². The molecule has 18 heavy (non-hydrogen) atoms. The fourth-order valence-electron chi connectivity index (χ4n) is 0.997. The highest BCUT2D eigenvalue weighted by Crippen LogP contribution is 2.21. The van der Waals surface area contributed by atoms with Crippen LogP contribution in [0.1, 0.15) is 27.2 Å². The van der Waals surface area contributed by atoms with Crippen LogP contribution >= 0.6 is 0 Å². The summed E-state index contributed by atoms with van der Waals surface area (Å²) in [5.74, 6) is -0.176. The maximum Gasteiger partial charge on any atom is 0.311 e. The van der Waals surface area contributed by atoms with E-state index in [9.17, 15) is 4.79 Å². The number of carbonyl (C=O) groups excluding carboxylic acids is 1. The molecule has 108 valence electrons. The van der Waals surface area contributed by atoms with Gasteiger partial charge in [-0.3, -0.25) is 4.79 Å². The molecule has 0 aromatic rings. The van der Waals surface area contributed by atoms with Crippen LogP contribution in [0.2, 0.25) is 0 Å². The Balaban J connectivity index is 3.33. The van der Waals surface area contributed by atoms with Crippen LogP contribution in [0.4, 0.5) is 0 Å². The largest absolute Gasteiger partial charge is 0.463 e. The Bertz CT molecular complexity index is 215. The molecule has 0 spiro atoms. The lowest BCUT2D eigenvalue weighted by molar-refractivity contribution is -0.155. The van der Waals surface area contributed by atoms with Gasteiger partial charge in [-0.1, -0.05) is 6.92 Å². The fourth-order valence-corrected chi connectivity index (χ4v) is 0.997. The highest BCUT2D eigenvalue weighted by Gasteiger charge is 2.26. The summed E-state index contributed by atoms with van der Waals surface area (Å²) in [7, 11) is 1.63. The van der Waals surface area contributed by atoms with E-state index in [4.69, 9.17) is 18.9 Å². The van der Waals surface area contributed by atoms with Crippen molar-refractivity contribution < 1.29 is 23.7 Å². The third-order valence-electron chi connectivity index (χ3n) is 2.70. The lowest BCUT2D eigenvalue weighted by Crippen LogP contribution is -2.27. The molecule has 0 atom stereocenters. The monoisotopic (exact) mass is 262 g/mol. The quantitative estimate of drug-likeness (QED) is 0.418. The second kappa shape index (κ2) is 10.3. The average molecular weight is 262 g/mol. The maximum absolute atomic E-state index is 11.6. The van der Waals surface area contributed by atoms with Crippen molar-refractivity contribution in [1.82, 2.24) is 0 Å². The van der Waals surface area contributed by atoms with E-state index in [1.165, 1.54) is 0 Å². The number of carbonyl (C=O) groups is 1. The van der Waals surface area contributed by atoms with Crippen LogP contribution in [0, 0.1) is 5.41 Å². The normalized spacial score (nSPS) is 11.6. The summed E-state index contributed by atoms with van der Waals surface area (Å²) in [5.41, 5.74) is -0.413. The molecule has 0 aromatic heterocycles. The number of ether oxygens (including phenoxy) is 4. The van der Waals surface area contributed by atoms with Gasteiger partial charge in [-0.05, 0) is 20.3 Å². The minimum Gasteiger partial charge on any atom is -0.463 e. The number of esters is 1. The molecule has 0 fully saturated rings. The summed E-state index contributed by atoms with van der Waals surface area (Å²) < 4.78 is 20.4. The Labute approximate surface area is 110 Å². The van der Waals surface area contributed by atoms with E-state index in [0.29, 0.717) is 39.6 Å². The number of hydrogen-bond donors (Lipinski definition) is 0. The van der Waals surface area contributed by atoms with E-state index in [-0.39, 0.29) is 5.97 Å². The molecule has 5 nitrogen and oxygen atoms in total. The standard InChI is InChI=1S/C13H26O5/c1-5-13(2,3)12(14)18-11-10-17-9-8-16-7-6-15-4/h5-11H2,1-4H3. The molecular weight excluding hydrogens is 236 g/mol. The Morgan fingerprint density at radius 2 is 1.44 bits per heavy atom. The smallest absolute Gasteiger partial charge is 0.311 e. The Morgan fingerprint density at radius 3 is 1.94 bits per heavy atom. The molecule has 0 aliphatic rings. The second-order valence-electron chi connectivity index (χ2n) is 4.59. The first-order chi connectivity index (χ1) is 8.54. The molecule has 0 rings (SSSR count). The van der Waals surface area contributed by atoms with Crippen LogP contribution in [0.5, 0.6) is 0 Å². The van der Waals surface area contributed by atoms with Crippen molar-refractivity contribution in [3.8, 4) is 0 Å². The van der Waals surface area contributed by atoms with Gasteiger partial charge in [0.05, 0.1) is 38.4 Å².